The van der Waals surface area contributed by atoms with Crippen LogP contribution >= 0.6 is 0 Å². The molecule has 0 atom stereocenters. The zero-order valence-electron chi connectivity index (χ0n) is 18.5. The van der Waals surface area contributed by atoms with Crippen molar-refractivity contribution in [1.29, 1.82) is 0 Å². The molecule has 0 aromatic heterocycles. The van der Waals surface area contributed by atoms with Crippen LogP contribution < -0.4 is 29.6 Å². The molecule has 5 heteroatoms. The van der Waals surface area contributed by atoms with Gasteiger partial charge in [0.15, 0.2) is 0 Å². The average Bonchev–Trinajstić information content (AvgIpc) is 2.62. The van der Waals surface area contributed by atoms with Crippen LogP contribution in [0.15, 0.2) is 0 Å². The number of unbranched alkanes of at least 4 members (excludes halogenated alkanes) is 14. The smallest absolute Gasteiger partial charge is 1.00 e. The van der Waals surface area contributed by atoms with Gasteiger partial charge in [-0.15, -0.1) is 0 Å². The fourth-order valence-corrected chi connectivity index (χ4v) is 3.02. The molecule has 2 N–H and O–H groups in total. The van der Waals surface area contributed by atoms with Crippen molar-refractivity contribution in [3.63, 3.8) is 0 Å². The number of carbonyl (C=O) groups excluding carboxylic acids is 1. The topological polar surface area (TPSA) is 66.8 Å². The third-order valence-corrected chi connectivity index (χ3v) is 4.69. The van der Waals surface area contributed by atoms with Gasteiger partial charge < -0.3 is 16.4 Å². The van der Waals surface area contributed by atoms with E-state index >= 15 is 0 Å². The van der Waals surface area contributed by atoms with Crippen LogP contribution in [0.1, 0.15) is 111 Å². The fourth-order valence-electron chi connectivity index (χ4n) is 3.02. The molecule has 0 spiro atoms. The second kappa shape index (κ2) is 23.4. The monoisotopic (exact) mass is 382 g/mol. The molecule has 0 saturated carbocycles. The van der Waals surface area contributed by atoms with E-state index in [1.165, 1.54) is 83.5 Å². The molecule has 0 heterocycles. The number of hydrogen-bond donors (Lipinski definition) is 2. The van der Waals surface area contributed by atoms with Crippen molar-refractivity contribution in [1.82, 2.24) is 0 Å². The van der Waals surface area contributed by atoms with Crippen LogP contribution in [0.5, 0.6) is 0 Å². The summed E-state index contributed by atoms with van der Waals surface area (Å²) in [5, 5.41) is 17.7. The molecule has 0 rings (SSSR count). The predicted octanol–water partition coefficient (Wildman–Crippen LogP) is 2.26. The van der Waals surface area contributed by atoms with Crippen LogP contribution in [-0.2, 0) is 9.53 Å². The fraction of sp³-hybridized carbons (Fsp3) is 0.952. The second-order valence-corrected chi connectivity index (χ2v) is 7.18. The number of hydrogen-bond acceptors (Lipinski definition) is 4. The summed E-state index contributed by atoms with van der Waals surface area (Å²) < 4.78 is 4.93. The molecule has 0 aliphatic heterocycles. The van der Waals surface area contributed by atoms with E-state index in [9.17, 15) is 4.79 Å². The van der Waals surface area contributed by atoms with Gasteiger partial charge in [0.25, 0.3) is 0 Å². The summed E-state index contributed by atoms with van der Waals surface area (Å²) in [7, 11) is 0. The third-order valence-electron chi connectivity index (χ3n) is 4.69. The maximum Gasteiger partial charge on any atom is 1.00 e. The van der Waals surface area contributed by atoms with Crippen molar-refractivity contribution in [3.05, 3.63) is 0 Å². The predicted molar refractivity (Wildman–Crippen MR) is 105 cm³/mol. The molecule has 0 aromatic carbocycles. The normalized spacial score (nSPS) is 10.8. The van der Waals surface area contributed by atoms with Crippen LogP contribution in [0.3, 0.4) is 0 Å². The minimum absolute atomic E-state index is 0. The molecular weight excluding hydrogens is 339 g/mol. The van der Waals surface area contributed by atoms with Crippen LogP contribution in [0, 0.1) is 0 Å². The van der Waals surface area contributed by atoms with Crippen molar-refractivity contribution in [2.45, 2.75) is 116 Å². The van der Waals surface area contributed by atoms with Gasteiger partial charge in [-0.1, -0.05) is 96.8 Å². The van der Waals surface area contributed by atoms with Crippen molar-refractivity contribution in [2.24, 2.45) is 0 Å². The first-order chi connectivity index (χ1) is 12.2. The molecular formula is C21H43NaO4. The number of rotatable bonds is 19. The van der Waals surface area contributed by atoms with Crippen molar-refractivity contribution >= 4 is 5.97 Å². The van der Waals surface area contributed by atoms with Crippen LogP contribution in [-0.4, -0.2) is 35.5 Å². The molecule has 0 aliphatic carbocycles. The van der Waals surface area contributed by atoms with Crippen LogP contribution in [0.4, 0.5) is 0 Å². The van der Waals surface area contributed by atoms with Gasteiger partial charge in [-0.05, 0) is 6.42 Å². The van der Waals surface area contributed by atoms with Crippen LogP contribution in [0.2, 0.25) is 0 Å². The van der Waals surface area contributed by atoms with Gasteiger partial charge in [0.1, 0.15) is 6.10 Å². The minimum atomic E-state index is -0.760. The van der Waals surface area contributed by atoms with Gasteiger partial charge in [-0.3, -0.25) is 4.79 Å². The first-order valence-corrected chi connectivity index (χ1v) is 10.7. The average molecular weight is 383 g/mol. The molecule has 0 saturated heterocycles. The first kappa shape index (κ1) is 28.6. The standard InChI is InChI=1S/C21H42O4.Na.H/c1-2-3-4-5-6-7-8-9-10-11-12-13-14-15-16-17-21(24)25-20(18-22)19-23;;/h20,22-23H,2-19H2,1H3;;/q;+1;-1. The van der Waals surface area contributed by atoms with Crippen LogP contribution in [0.25, 0.3) is 0 Å². The summed E-state index contributed by atoms with van der Waals surface area (Å²) >= 11 is 0. The van der Waals surface area contributed by atoms with Gasteiger partial charge in [-0.25, -0.2) is 0 Å². The maximum atomic E-state index is 11.5. The Hall–Kier alpha value is 0.390. The number of carbonyl (C=O) groups is 1. The van der Waals surface area contributed by atoms with Crippen molar-refractivity contribution in [2.75, 3.05) is 13.2 Å². The summed E-state index contributed by atoms with van der Waals surface area (Å²) in [5.74, 6) is -0.317. The van der Waals surface area contributed by atoms with E-state index < -0.39 is 6.10 Å². The third kappa shape index (κ3) is 20.7. The van der Waals surface area contributed by atoms with E-state index in [1.807, 2.05) is 0 Å². The Morgan fingerprint density at radius 3 is 1.42 bits per heavy atom. The minimum Gasteiger partial charge on any atom is -1.00 e. The number of aliphatic hydroxyl groups excluding tert-OH is 2. The molecule has 0 bridgehead atoms. The van der Waals surface area contributed by atoms with E-state index in [2.05, 4.69) is 6.92 Å². The van der Waals surface area contributed by atoms with Gasteiger partial charge in [0.2, 0.25) is 0 Å². The van der Waals surface area contributed by atoms with E-state index in [0.717, 1.165) is 12.8 Å². The SMILES string of the molecule is CCCCCCCCCCCCCCCCCC(=O)OC(CO)CO.[H-].[Na+]. The van der Waals surface area contributed by atoms with Gasteiger partial charge >= 0.3 is 35.5 Å². The summed E-state index contributed by atoms with van der Waals surface area (Å²) in [6.07, 6.45) is 19.1. The summed E-state index contributed by atoms with van der Waals surface area (Å²) in [4.78, 5) is 11.5. The number of esters is 1. The second-order valence-electron chi connectivity index (χ2n) is 7.18. The Morgan fingerprint density at radius 1 is 0.731 bits per heavy atom. The van der Waals surface area contributed by atoms with E-state index in [-0.39, 0.29) is 50.2 Å². The molecule has 0 fully saturated rings. The summed E-state index contributed by atoms with van der Waals surface area (Å²) in [6, 6.07) is 0. The Balaban J connectivity index is -0.00000288. The molecule has 0 amide bonds. The molecule has 0 aliphatic rings. The van der Waals surface area contributed by atoms with E-state index in [4.69, 9.17) is 14.9 Å². The molecule has 0 unspecified atom stereocenters. The Morgan fingerprint density at radius 2 is 1.08 bits per heavy atom. The molecule has 0 aromatic rings. The molecule has 0 radical (unpaired) electrons. The Labute approximate surface area is 185 Å². The van der Waals surface area contributed by atoms with Crippen molar-refractivity contribution < 1.29 is 50.7 Å². The van der Waals surface area contributed by atoms with Gasteiger partial charge in [-0.2, -0.15) is 0 Å². The summed E-state index contributed by atoms with van der Waals surface area (Å²) in [6.45, 7) is 1.63. The molecule has 26 heavy (non-hydrogen) atoms. The quantitative estimate of drug-likeness (QED) is 0.204. The number of ether oxygens (including phenoxy) is 1. The Bertz CT molecular complexity index is 289. The van der Waals surface area contributed by atoms with Crippen molar-refractivity contribution in [3.8, 4) is 0 Å². The van der Waals surface area contributed by atoms with Gasteiger partial charge in [0.05, 0.1) is 13.2 Å². The zero-order chi connectivity index (χ0) is 18.6. The molecule has 152 valence electrons. The van der Waals surface area contributed by atoms with Gasteiger partial charge in [0, 0.05) is 6.42 Å². The largest absolute Gasteiger partial charge is 1.00 e. The zero-order valence-corrected chi connectivity index (χ0v) is 19.5. The van der Waals surface area contributed by atoms with E-state index in [1.54, 1.807) is 0 Å². The number of aliphatic hydroxyl groups is 2. The maximum absolute atomic E-state index is 11.5. The summed E-state index contributed by atoms with van der Waals surface area (Å²) in [5.41, 5.74) is 0. The Kier molecular flexibility index (Phi) is 25.8. The van der Waals surface area contributed by atoms with E-state index in [0.29, 0.717) is 6.42 Å². The molecule has 4 nitrogen and oxygen atoms in total. The first-order valence-electron chi connectivity index (χ1n) is 10.7.